The van der Waals surface area contributed by atoms with E-state index in [-0.39, 0.29) is 18.1 Å². The lowest BCUT2D eigenvalue weighted by atomic mass is 10.2. The van der Waals surface area contributed by atoms with Gasteiger partial charge < -0.3 is 14.6 Å². The molecule has 0 bridgehead atoms. The molecule has 1 atom stereocenters. The SMILES string of the molecule is CC(C)Oc1cc(OC(C)C)cc(C(=O)Nc2ncc(SC(C)C(=O)O)s2)c1. The molecule has 28 heavy (non-hydrogen) atoms. The van der Waals surface area contributed by atoms with E-state index in [1.807, 2.05) is 27.7 Å². The van der Waals surface area contributed by atoms with E-state index in [9.17, 15) is 9.59 Å². The molecule has 1 aromatic heterocycles. The van der Waals surface area contributed by atoms with Crippen molar-refractivity contribution in [2.75, 3.05) is 5.32 Å². The number of amides is 1. The zero-order valence-electron chi connectivity index (χ0n) is 16.4. The Hall–Kier alpha value is -2.26. The maximum atomic E-state index is 12.7. The Balaban J connectivity index is 2.16. The molecule has 0 saturated heterocycles. The number of carboxylic acid groups (broad SMARTS) is 1. The number of nitrogens with zero attached hydrogens (tertiary/aromatic N) is 1. The Morgan fingerprint density at radius 3 is 2.14 bits per heavy atom. The summed E-state index contributed by atoms with van der Waals surface area (Å²) in [7, 11) is 0. The van der Waals surface area contributed by atoms with Gasteiger partial charge in [0.05, 0.1) is 22.6 Å². The van der Waals surface area contributed by atoms with Crippen LogP contribution in [-0.4, -0.2) is 39.4 Å². The summed E-state index contributed by atoms with van der Waals surface area (Å²) in [5.41, 5.74) is 0.386. The number of carbonyl (C=O) groups is 2. The molecule has 9 heteroatoms. The van der Waals surface area contributed by atoms with Crippen molar-refractivity contribution in [1.29, 1.82) is 0 Å². The lowest BCUT2D eigenvalue weighted by Gasteiger charge is -2.15. The fourth-order valence-electron chi connectivity index (χ4n) is 2.15. The highest BCUT2D eigenvalue weighted by atomic mass is 32.2. The fourth-order valence-corrected chi connectivity index (χ4v) is 4.12. The van der Waals surface area contributed by atoms with Crippen LogP contribution in [-0.2, 0) is 4.79 Å². The number of aromatic nitrogens is 1. The number of ether oxygens (including phenoxy) is 2. The number of aliphatic carboxylic acids is 1. The topological polar surface area (TPSA) is 97.8 Å². The van der Waals surface area contributed by atoms with Gasteiger partial charge in [-0.3, -0.25) is 14.9 Å². The van der Waals surface area contributed by atoms with E-state index in [0.717, 1.165) is 0 Å². The summed E-state index contributed by atoms with van der Waals surface area (Å²) in [6.07, 6.45) is 1.47. The Labute approximate surface area is 172 Å². The van der Waals surface area contributed by atoms with E-state index in [0.29, 0.717) is 26.4 Å². The Kier molecular flexibility index (Phi) is 7.70. The third-order valence-electron chi connectivity index (χ3n) is 3.23. The van der Waals surface area contributed by atoms with Crippen LogP contribution in [0.4, 0.5) is 5.13 Å². The molecule has 0 aliphatic heterocycles. The van der Waals surface area contributed by atoms with Crippen molar-refractivity contribution < 1.29 is 24.2 Å². The van der Waals surface area contributed by atoms with Crippen LogP contribution in [0.5, 0.6) is 11.5 Å². The maximum absolute atomic E-state index is 12.7. The van der Waals surface area contributed by atoms with Crippen LogP contribution >= 0.6 is 23.1 Å². The van der Waals surface area contributed by atoms with Crippen LogP contribution in [0.3, 0.4) is 0 Å². The maximum Gasteiger partial charge on any atom is 0.316 e. The van der Waals surface area contributed by atoms with Gasteiger partial charge in [0, 0.05) is 11.6 Å². The lowest BCUT2D eigenvalue weighted by Crippen LogP contribution is -2.14. The fraction of sp³-hybridized carbons (Fsp3) is 0.421. The van der Waals surface area contributed by atoms with Crippen LogP contribution in [0.2, 0.25) is 0 Å². The third-order valence-corrected chi connectivity index (χ3v) is 5.37. The number of thiazole rings is 1. The summed E-state index contributed by atoms with van der Waals surface area (Å²) in [6.45, 7) is 9.22. The van der Waals surface area contributed by atoms with E-state index in [1.165, 1.54) is 23.1 Å². The van der Waals surface area contributed by atoms with E-state index in [2.05, 4.69) is 10.3 Å². The van der Waals surface area contributed by atoms with Gasteiger partial charge in [-0.1, -0.05) is 23.1 Å². The molecule has 7 nitrogen and oxygen atoms in total. The molecule has 0 spiro atoms. The van der Waals surface area contributed by atoms with E-state index in [4.69, 9.17) is 14.6 Å². The third kappa shape index (κ3) is 6.72. The van der Waals surface area contributed by atoms with Gasteiger partial charge in [0.15, 0.2) is 5.13 Å². The summed E-state index contributed by atoms with van der Waals surface area (Å²) in [5.74, 6) is -0.156. The predicted octanol–water partition coefficient (Wildman–Crippen LogP) is 4.54. The van der Waals surface area contributed by atoms with Crippen molar-refractivity contribution in [3.63, 3.8) is 0 Å². The molecule has 1 aromatic carbocycles. The molecule has 152 valence electrons. The van der Waals surface area contributed by atoms with Crippen LogP contribution < -0.4 is 14.8 Å². The van der Waals surface area contributed by atoms with E-state index in [1.54, 1.807) is 31.3 Å². The number of nitrogens with one attached hydrogen (secondary N) is 1. The zero-order valence-corrected chi connectivity index (χ0v) is 18.0. The second-order valence-electron chi connectivity index (χ2n) is 6.56. The van der Waals surface area contributed by atoms with Crippen molar-refractivity contribution in [3.05, 3.63) is 30.0 Å². The molecule has 2 aromatic rings. The second-order valence-corrected chi connectivity index (χ2v) is 9.23. The summed E-state index contributed by atoms with van der Waals surface area (Å²) in [5, 5.41) is 11.5. The van der Waals surface area contributed by atoms with E-state index < -0.39 is 11.2 Å². The number of rotatable bonds is 9. The highest BCUT2D eigenvalue weighted by molar-refractivity contribution is 8.02. The van der Waals surface area contributed by atoms with Crippen LogP contribution in [0.1, 0.15) is 45.0 Å². The number of thioether (sulfide) groups is 1. The standard InChI is InChI=1S/C19H24N2O5S2/c1-10(2)25-14-6-13(7-15(8-14)26-11(3)4)17(22)21-19-20-9-16(28-19)27-12(5)18(23)24/h6-12H,1-5H3,(H,23,24)(H,20,21,22). The first kappa shape index (κ1) is 22.0. The molecule has 0 aliphatic rings. The monoisotopic (exact) mass is 424 g/mol. The first-order chi connectivity index (χ1) is 13.1. The molecule has 0 aliphatic carbocycles. The van der Waals surface area contributed by atoms with Gasteiger partial charge in [0.1, 0.15) is 16.7 Å². The number of carboxylic acids is 1. The normalized spacial score (nSPS) is 12.1. The van der Waals surface area contributed by atoms with Crippen molar-refractivity contribution in [3.8, 4) is 11.5 Å². The molecule has 0 saturated carbocycles. The molecule has 2 N–H and O–H groups in total. The first-order valence-electron chi connectivity index (χ1n) is 8.79. The minimum atomic E-state index is -0.899. The van der Waals surface area contributed by atoms with Crippen molar-refractivity contribution >= 4 is 40.1 Å². The van der Waals surface area contributed by atoms with Crippen molar-refractivity contribution in [1.82, 2.24) is 4.98 Å². The van der Waals surface area contributed by atoms with Gasteiger partial charge in [0.2, 0.25) is 0 Å². The number of anilines is 1. The Morgan fingerprint density at radius 2 is 1.64 bits per heavy atom. The molecule has 0 fully saturated rings. The highest BCUT2D eigenvalue weighted by Crippen LogP contribution is 2.32. The van der Waals surface area contributed by atoms with Crippen LogP contribution in [0.25, 0.3) is 0 Å². The average Bonchev–Trinajstić information content (AvgIpc) is 3.00. The van der Waals surface area contributed by atoms with Gasteiger partial charge in [-0.15, -0.1) is 0 Å². The summed E-state index contributed by atoms with van der Waals surface area (Å²) < 4.78 is 12.1. The van der Waals surface area contributed by atoms with Gasteiger partial charge >= 0.3 is 5.97 Å². The number of hydrogen-bond acceptors (Lipinski definition) is 7. The van der Waals surface area contributed by atoms with Crippen molar-refractivity contribution in [2.45, 2.75) is 56.3 Å². The molecule has 1 heterocycles. The van der Waals surface area contributed by atoms with Crippen LogP contribution in [0, 0.1) is 0 Å². The largest absolute Gasteiger partial charge is 0.491 e. The lowest BCUT2D eigenvalue weighted by molar-refractivity contribution is -0.136. The zero-order chi connectivity index (χ0) is 20.8. The van der Waals surface area contributed by atoms with Gasteiger partial charge in [0.25, 0.3) is 5.91 Å². The van der Waals surface area contributed by atoms with E-state index >= 15 is 0 Å². The quantitative estimate of drug-likeness (QED) is 0.571. The summed E-state index contributed by atoms with van der Waals surface area (Å²) in [4.78, 5) is 27.8. The molecule has 2 rings (SSSR count). The molecule has 1 amide bonds. The minimum absolute atomic E-state index is 0.0417. The minimum Gasteiger partial charge on any atom is -0.491 e. The molecule has 0 radical (unpaired) electrons. The smallest absolute Gasteiger partial charge is 0.316 e. The molecule has 1 unspecified atom stereocenters. The second kappa shape index (κ2) is 9.79. The Bertz CT molecular complexity index is 807. The van der Waals surface area contributed by atoms with Gasteiger partial charge in [-0.05, 0) is 46.8 Å². The van der Waals surface area contributed by atoms with Crippen molar-refractivity contribution in [2.24, 2.45) is 0 Å². The summed E-state index contributed by atoms with van der Waals surface area (Å²) >= 11 is 2.40. The number of benzene rings is 1. The number of carbonyl (C=O) groups excluding carboxylic acids is 1. The average molecular weight is 425 g/mol. The first-order valence-corrected chi connectivity index (χ1v) is 10.5. The molecular weight excluding hydrogens is 400 g/mol. The van der Waals surface area contributed by atoms with Gasteiger partial charge in [-0.25, -0.2) is 4.98 Å². The number of hydrogen-bond donors (Lipinski definition) is 2. The Morgan fingerprint density at radius 1 is 1.07 bits per heavy atom. The van der Waals surface area contributed by atoms with Crippen LogP contribution in [0.15, 0.2) is 28.6 Å². The summed E-state index contributed by atoms with van der Waals surface area (Å²) in [6, 6.07) is 5.05. The highest BCUT2D eigenvalue weighted by Gasteiger charge is 2.17. The van der Waals surface area contributed by atoms with Gasteiger partial charge in [-0.2, -0.15) is 0 Å². The predicted molar refractivity (Wildman–Crippen MR) is 111 cm³/mol. The molecular formula is C19H24N2O5S2.